The molecule has 0 fully saturated rings. The molecule has 1 aromatic heterocycles. The lowest BCUT2D eigenvalue weighted by Crippen LogP contribution is -2.41. The van der Waals surface area contributed by atoms with E-state index in [1.54, 1.807) is 14.0 Å². The minimum atomic E-state index is -0.536. The van der Waals surface area contributed by atoms with Crippen molar-refractivity contribution in [2.75, 3.05) is 19.5 Å². The van der Waals surface area contributed by atoms with E-state index in [0.29, 0.717) is 9.47 Å². The highest BCUT2D eigenvalue weighted by Crippen LogP contribution is 2.30. The zero-order chi connectivity index (χ0) is 17.5. The molecule has 3 N–H and O–H groups in total. The average molecular weight is 367 g/mol. The molecule has 8 nitrogen and oxygen atoms in total. The number of hydrogen-bond donors (Lipinski definition) is 3. The number of nitrogens with zero attached hydrogens (tertiary/aromatic N) is 2. The fourth-order valence-electron chi connectivity index (χ4n) is 1.59. The third kappa shape index (κ3) is 5.10. The summed E-state index contributed by atoms with van der Waals surface area (Å²) in [5.74, 6) is 0.379. The van der Waals surface area contributed by atoms with Crippen LogP contribution in [0, 0.1) is 0 Å². The number of urea groups is 1. The number of anilines is 2. The minimum Gasteiger partial charge on any atom is -0.497 e. The van der Waals surface area contributed by atoms with Crippen LogP contribution in [0.5, 0.6) is 5.75 Å². The summed E-state index contributed by atoms with van der Waals surface area (Å²) in [4.78, 5) is 22.9. The Kier molecular flexibility index (Phi) is 6.38. The van der Waals surface area contributed by atoms with Crippen molar-refractivity contribution < 1.29 is 14.3 Å². The lowest BCUT2D eigenvalue weighted by atomic mass is 10.3. The van der Waals surface area contributed by atoms with E-state index < -0.39 is 11.3 Å². The molecule has 0 aliphatic carbocycles. The first-order valence-corrected chi connectivity index (χ1v) is 8.65. The number of methoxy groups -OCH3 is 1. The zero-order valence-corrected chi connectivity index (χ0v) is 15.0. The van der Waals surface area contributed by atoms with E-state index in [-0.39, 0.29) is 5.91 Å². The van der Waals surface area contributed by atoms with Crippen molar-refractivity contribution in [3.63, 3.8) is 0 Å². The summed E-state index contributed by atoms with van der Waals surface area (Å²) >= 11 is 2.56. The first kappa shape index (κ1) is 18.0. The summed E-state index contributed by atoms with van der Waals surface area (Å²) in [6.45, 7) is 1.70. The van der Waals surface area contributed by atoms with Gasteiger partial charge in [0.1, 0.15) is 5.75 Å². The Balaban J connectivity index is 1.92. The number of carbonyl (C=O) groups excluding carboxylic acids is 2. The normalized spacial score (nSPS) is 11.5. The van der Waals surface area contributed by atoms with Crippen LogP contribution in [-0.4, -0.2) is 41.5 Å². The van der Waals surface area contributed by atoms with E-state index in [9.17, 15) is 9.59 Å². The highest BCUT2D eigenvalue weighted by Gasteiger charge is 2.18. The number of rotatable bonds is 6. The molecular weight excluding hydrogens is 350 g/mol. The van der Waals surface area contributed by atoms with Crippen LogP contribution in [0.4, 0.5) is 15.6 Å². The number of carbonyl (C=O) groups is 2. The van der Waals surface area contributed by atoms with Gasteiger partial charge in [-0.2, -0.15) is 0 Å². The van der Waals surface area contributed by atoms with Gasteiger partial charge in [-0.15, -0.1) is 10.2 Å². The summed E-state index contributed by atoms with van der Waals surface area (Å²) in [6, 6.07) is 6.87. The molecule has 0 saturated carbocycles. The molecule has 1 heterocycles. The van der Waals surface area contributed by atoms with Gasteiger partial charge >= 0.3 is 6.03 Å². The van der Waals surface area contributed by atoms with E-state index >= 15 is 0 Å². The predicted octanol–water partition coefficient (Wildman–Crippen LogP) is 2.23. The van der Waals surface area contributed by atoms with Gasteiger partial charge in [-0.05, 0) is 31.2 Å². The molecular formula is C14H17N5O3S2. The maximum Gasteiger partial charge on any atom is 0.321 e. The second-order valence-corrected chi connectivity index (χ2v) is 7.12. The molecule has 24 heavy (non-hydrogen) atoms. The number of thioether (sulfide) groups is 1. The lowest BCUT2D eigenvalue weighted by molar-refractivity contribution is -0.119. The van der Waals surface area contributed by atoms with Crippen molar-refractivity contribution in [1.82, 2.24) is 20.8 Å². The van der Waals surface area contributed by atoms with Gasteiger partial charge in [-0.3, -0.25) is 10.1 Å². The van der Waals surface area contributed by atoms with Crippen LogP contribution in [0.15, 0.2) is 28.6 Å². The van der Waals surface area contributed by atoms with Crippen molar-refractivity contribution in [3.05, 3.63) is 24.3 Å². The molecule has 0 spiro atoms. The first-order chi connectivity index (χ1) is 11.5. The number of aromatic nitrogens is 2. The molecule has 1 atom stereocenters. The van der Waals surface area contributed by atoms with Crippen LogP contribution in [0.25, 0.3) is 0 Å². The van der Waals surface area contributed by atoms with Crippen LogP contribution >= 0.6 is 23.1 Å². The summed E-state index contributed by atoms with van der Waals surface area (Å²) in [7, 11) is 3.06. The van der Waals surface area contributed by atoms with Gasteiger partial charge in [-0.1, -0.05) is 23.1 Å². The summed E-state index contributed by atoms with van der Waals surface area (Å²) in [5.41, 5.74) is 0.855. The summed E-state index contributed by atoms with van der Waals surface area (Å²) < 4.78 is 5.73. The van der Waals surface area contributed by atoms with Gasteiger partial charge in [0.15, 0.2) is 4.34 Å². The summed E-state index contributed by atoms with van der Waals surface area (Å²) in [5, 5.41) is 15.9. The fourth-order valence-corrected chi connectivity index (χ4v) is 3.50. The third-order valence-corrected chi connectivity index (χ3v) is 4.88. The molecule has 3 amide bonds. The van der Waals surface area contributed by atoms with Crippen molar-refractivity contribution >= 4 is 45.9 Å². The maximum atomic E-state index is 11.8. The van der Waals surface area contributed by atoms with Gasteiger partial charge in [-0.25, -0.2) is 4.79 Å². The third-order valence-electron chi connectivity index (χ3n) is 2.86. The van der Waals surface area contributed by atoms with E-state index in [4.69, 9.17) is 4.74 Å². The topological polar surface area (TPSA) is 105 Å². The maximum absolute atomic E-state index is 11.8. The SMILES string of the molecule is CNC(=O)NC(=O)[C@@H](C)Sc1nnc(Nc2ccc(OC)cc2)s1. The Labute approximate surface area is 147 Å². The average Bonchev–Trinajstić information content (AvgIpc) is 3.02. The quantitative estimate of drug-likeness (QED) is 0.672. The molecule has 0 saturated heterocycles. The highest BCUT2D eigenvalue weighted by atomic mass is 32.2. The number of hydrogen-bond acceptors (Lipinski definition) is 8. The molecule has 0 aliphatic rings. The molecule has 2 aromatic rings. The number of ether oxygens (including phenoxy) is 1. The van der Waals surface area contributed by atoms with Crippen molar-refractivity contribution in [3.8, 4) is 5.75 Å². The van der Waals surface area contributed by atoms with Crippen LogP contribution in [-0.2, 0) is 4.79 Å². The lowest BCUT2D eigenvalue weighted by Gasteiger charge is -2.08. The molecule has 128 valence electrons. The molecule has 10 heteroatoms. The predicted molar refractivity (Wildman–Crippen MR) is 94.1 cm³/mol. The number of imide groups is 1. The van der Waals surface area contributed by atoms with Gasteiger partial charge in [0.25, 0.3) is 0 Å². The molecule has 0 radical (unpaired) electrons. The van der Waals surface area contributed by atoms with E-state index in [2.05, 4.69) is 26.1 Å². The number of benzene rings is 1. The molecule has 0 aliphatic heterocycles. The largest absolute Gasteiger partial charge is 0.497 e. The standard InChI is InChI=1S/C14H17N5O3S2/c1-8(11(20)17-12(21)15-2)23-14-19-18-13(24-14)16-9-4-6-10(22-3)7-5-9/h4-8H,1-3H3,(H,16,18)(H2,15,17,20,21)/t8-/m1/s1. The Morgan fingerprint density at radius 3 is 2.58 bits per heavy atom. The fraction of sp³-hybridized carbons (Fsp3) is 0.286. The van der Waals surface area contributed by atoms with Crippen LogP contribution in [0.2, 0.25) is 0 Å². The van der Waals surface area contributed by atoms with Crippen LogP contribution < -0.4 is 20.7 Å². The van der Waals surface area contributed by atoms with Crippen molar-refractivity contribution in [2.45, 2.75) is 16.5 Å². The molecule has 0 bridgehead atoms. The van der Waals surface area contributed by atoms with E-state index in [1.807, 2.05) is 24.3 Å². The highest BCUT2D eigenvalue weighted by molar-refractivity contribution is 8.02. The Hall–Kier alpha value is -2.33. The van der Waals surface area contributed by atoms with Crippen molar-refractivity contribution in [2.24, 2.45) is 0 Å². The summed E-state index contributed by atoms with van der Waals surface area (Å²) in [6.07, 6.45) is 0. The van der Waals surface area contributed by atoms with Crippen LogP contribution in [0.1, 0.15) is 6.92 Å². The Morgan fingerprint density at radius 1 is 1.25 bits per heavy atom. The van der Waals surface area contributed by atoms with Crippen molar-refractivity contribution in [1.29, 1.82) is 0 Å². The Bertz CT molecular complexity index is 705. The molecule has 1 aromatic carbocycles. The van der Waals surface area contributed by atoms with Gasteiger partial charge in [0.2, 0.25) is 11.0 Å². The smallest absolute Gasteiger partial charge is 0.321 e. The van der Waals surface area contributed by atoms with E-state index in [0.717, 1.165) is 11.4 Å². The first-order valence-electron chi connectivity index (χ1n) is 6.95. The van der Waals surface area contributed by atoms with E-state index in [1.165, 1.54) is 30.1 Å². The number of nitrogens with one attached hydrogen (secondary N) is 3. The van der Waals surface area contributed by atoms with Gasteiger partial charge in [0.05, 0.1) is 12.4 Å². The minimum absolute atomic E-state index is 0.390. The number of amides is 3. The molecule has 2 rings (SSSR count). The van der Waals surface area contributed by atoms with Gasteiger partial charge < -0.3 is 15.4 Å². The monoisotopic (exact) mass is 367 g/mol. The Morgan fingerprint density at radius 2 is 1.96 bits per heavy atom. The second-order valence-electron chi connectivity index (χ2n) is 4.56. The zero-order valence-electron chi connectivity index (χ0n) is 13.3. The second kappa shape index (κ2) is 8.50. The van der Waals surface area contributed by atoms with Crippen LogP contribution in [0.3, 0.4) is 0 Å². The molecule has 0 unspecified atom stereocenters. The van der Waals surface area contributed by atoms with Gasteiger partial charge in [0, 0.05) is 12.7 Å².